The summed E-state index contributed by atoms with van der Waals surface area (Å²) in [5, 5.41) is 17.7. The quantitative estimate of drug-likeness (QED) is 0.756. The summed E-state index contributed by atoms with van der Waals surface area (Å²) in [7, 11) is 0. The van der Waals surface area contributed by atoms with Gasteiger partial charge in [-0.2, -0.15) is 10.5 Å². The van der Waals surface area contributed by atoms with E-state index in [1.807, 2.05) is 18.2 Å². The maximum Gasteiger partial charge on any atom is 0.182 e. The Morgan fingerprint density at radius 1 is 1.22 bits per heavy atom. The van der Waals surface area contributed by atoms with Gasteiger partial charge in [-0.15, -0.1) is 0 Å². The number of nitrogens with zero attached hydrogens (tertiary/aromatic N) is 4. The molecule has 0 atom stereocenters. The minimum atomic E-state index is -0.131. The molecular formula is C13H8N4O. The van der Waals surface area contributed by atoms with Gasteiger partial charge in [0.25, 0.3) is 0 Å². The smallest absolute Gasteiger partial charge is 0.182 e. The summed E-state index contributed by atoms with van der Waals surface area (Å²) in [6.07, 6.45) is 1.33. The van der Waals surface area contributed by atoms with Gasteiger partial charge in [0.15, 0.2) is 17.2 Å². The zero-order chi connectivity index (χ0) is 13.0. The molecule has 0 N–H and O–H groups in total. The fraction of sp³-hybridized carbons (Fsp3) is 0.0769. The highest BCUT2D eigenvalue weighted by Crippen LogP contribution is 2.08. The minimum Gasteiger partial charge on any atom is -0.313 e. The molecule has 18 heavy (non-hydrogen) atoms. The third-order valence-corrected chi connectivity index (χ3v) is 2.46. The van der Waals surface area contributed by atoms with Crippen LogP contribution in [0.1, 0.15) is 21.7 Å². The molecule has 1 heterocycles. The van der Waals surface area contributed by atoms with E-state index in [9.17, 15) is 4.79 Å². The molecule has 1 aromatic heterocycles. The minimum absolute atomic E-state index is 0.00157. The summed E-state index contributed by atoms with van der Waals surface area (Å²) in [6.45, 7) is 0.00157. The summed E-state index contributed by atoms with van der Waals surface area (Å²) < 4.78 is 1.38. The van der Waals surface area contributed by atoms with Crippen molar-refractivity contribution in [3.63, 3.8) is 0 Å². The van der Waals surface area contributed by atoms with Crippen molar-refractivity contribution in [3.05, 3.63) is 53.6 Å². The van der Waals surface area contributed by atoms with Crippen molar-refractivity contribution in [2.75, 3.05) is 0 Å². The molecule has 5 nitrogen and oxygen atoms in total. The van der Waals surface area contributed by atoms with E-state index in [0.29, 0.717) is 5.56 Å². The van der Waals surface area contributed by atoms with Crippen molar-refractivity contribution in [1.82, 2.24) is 9.55 Å². The molecule has 0 saturated carbocycles. The summed E-state index contributed by atoms with van der Waals surface area (Å²) in [5.74, 6) is -0.131. The summed E-state index contributed by atoms with van der Waals surface area (Å²) in [4.78, 5) is 15.7. The van der Waals surface area contributed by atoms with Gasteiger partial charge in [-0.05, 0) is 0 Å². The van der Waals surface area contributed by atoms with E-state index in [-0.39, 0.29) is 23.7 Å². The monoisotopic (exact) mass is 236 g/mol. The molecule has 2 aromatic rings. The van der Waals surface area contributed by atoms with Crippen LogP contribution in [0.25, 0.3) is 0 Å². The molecule has 0 radical (unpaired) electrons. The number of nitriles is 2. The molecule has 0 aliphatic carbocycles. The molecule has 0 spiro atoms. The molecule has 0 amide bonds. The second-order valence-corrected chi connectivity index (χ2v) is 3.58. The Hall–Kier alpha value is -2.92. The van der Waals surface area contributed by atoms with Gasteiger partial charge in [0.1, 0.15) is 12.1 Å². The first-order chi connectivity index (χ1) is 8.76. The Morgan fingerprint density at radius 2 is 1.94 bits per heavy atom. The molecule has 5 heteroatoms. The maximum atomic E-state index is 11.9. The summed E-state index contributed by atoms with van der Waals surface area (Å²) in [6, 6.07) is 12.5. The van der Waals surface area contributed by atoms with Crippen molar-refractivity contribution in [1.29, 1.82) is 10.5 Å². The van der Waals surface area contributed by atoms with Crippen LogP contribution >= 0.6 is 0 Å². The van der Waals surface area contributed by atoms with Crippen LogP contribution in [0.4, 0.5) is 0 Å². The lowest BCUT2D eigenvalue weighted by atomic mass is 10.1. The predicted octanol–water partition coefficient (Wildman–Crippen LogP) is 1.51. The SMILES string of the molecule is N#Cc1ncn(CC(=O)c2ccccc2)c1C#N. The average Bonchev–Trinajstić information content (AvgIpc) is 2.81. The van der Waals surface area contributed by atoms with Crippen molar-refractivity contribution in [2.24, 2.45) is 0 Å². The third-order valence-electron chi connectivity index (χ3n) is 2.46. The second-order valence-electron chi connectivity index (χ2n) is 3.58. The number of ketones is 1. The highest BCUT2D eigenvalue weighted by atomic mass is 16.1. The van der Waals surface area contributed by atoms with Crippen molar-refractivity contribution < 1.29 is 4.79 Å². The summed E-state index contributed by atoms with van der Waals surface area (Å²) >= 11 is 0. The lowest BCUT2D eigenvalue weighted by Gasteiger charge is -2.02. The van der Waals surface area contributed by atoms with Gasteiger partial charge in [0, 0.05) is 5.56 Å². The van der Waals surface area contributed by atoms with E-state index in [0.717, 1.165) is 0 Å². The van der Waals surface area contributed by atoms with Crippen LogP contribution < -0.4 is 0 Å². The van der Waals surface area contributed by atoms with Crippen LogP contribution in [0.3, 0.4) is 0 Å². The fourth-order valence-corrected chi connectivity index (χ4v) is 1.57. The first kappa shape index (κ1) is 11.6. The number of rotatable bonds is 3. The molecular weight excluding hydrogens is 228 g/mol. The number of carbonyl (C=O) groups excluding carboxylic acids is 1. The van der Waals surface area contributed by atoms with E-state index >= 15 is 0 Å². The van der Waals surface area contributed by atoms with Crippen LogP contribution in [0, 0.1) is 22.7 Å². The molecule has 0 saturated heterocycles. The van der Waals surface area contributed by atoms with Gasteiger partial charge in [0.2, 0.25) is 0 Å². The van der Waals surface area contributed by atoms with Crippen LogP contribution in [0.5, 0.6) is 0 Å². The zero-order valence-corrected chi connectivity index (χ0v) is 9.37. The number of hydrogen-bond donors (Lipinski definition) is 0. The van der Waals surface area contributed by atoms with Gasteiger partial charge in [-0.3, -0.25) is 4.79 Å². The van der Waals surface area contributed by atoms with E-state index < -0.39 is 0 Å². The fourth-order valence-electron chi connectivity index (χ4n) is 1.57. The number of aromatic nitrogens is 2. The normalized spacial score (nSPS) is 9.44. The Balaban J connectivity index is 2.26. The number of benzene rings is 1. The number of hydrogen-bond acceptors (Lipinski definition) is 4. The van der Waals surface area contributed by atoms with E-state index in [1.165, 1.54) is 10.9 Å². The Bertz CT molecular complexity index is 659. The van der Waals surface area contributed by atoms with Crippen LogP contribution in [-0.2, 0) is 6.54 Å². The average molecular weight is 236 g/mol. The Labute approximate surface area is 104 Å². The van der Waals surface area contributed by atoms with Crippen molar-refractivity contribution in [2.45, 2.75) is 6.54 Å². The predicted molar refractivity (Wildman–Crippen MR) is 62.4 cm³/mol. The van der Waals surface area contributed by atoms with Crippen molar-refractivity contribution in [3.8, 4) is 12.1 Å². The van der Waals surface area contributed by atoms with Crippen LogP contribution in [0.15, 0.2) is 36.7 Å². The zero-order valence-electron chi connectivity index (χ0n) is 9.37. The van der Waals surface area contributed by atoms with Crippen LogP contribution in [0.2, 0.25) is 0 Å². The first-order valence-electron chi connectivity index (χ1n) is 5.20. The van der Waals surface area contributed by atoms with E-state index in [1.54, 1.807) is 24.3 Å². The van der Waals surface area contributed by atoms with Gasteiger partial charge in [0.05, 0.1) is 12.9 Å². The molecule has 1 aromatic carbocycles. The second kappa shape index (κ2) is 4.94. The topological polar surface area (TPSA) is 82.5 Å². The molecule has 2 rings (SSSR count). The van der Waals surface area contributed by atoms with E-state index in [4.69, 9.17) is 10.5 Å². The molecule has 0 aliphatic heterocycles. The molecule has 0 bridgehead atoms. The third kappa shape index (κ3) is 2.11. The highest BCUT2D eigenvalue weighted by molar-refractivity contribution is 5.95. The lowest BCUT2D eigenvalue weighted by molar-refractivity contribution is 0.0972. The largest absolute Gasteiger partial charge is 0.313 e. The van der Waals surface area contributed by atoms with Gasteiger partial charge in [-0.1, -0.05) is 30.3 Å². The lowest BCUT2D eigenvalue weighted by Crippen LogP contribution is -2.11. The summed E-state index contributed by atoms with van der Waals surface area (Å²) in [5.41, 5.74) is 0.716. The highest BCUT2D eigenvalue weighted by Gasteiger charge is 2.13. The Morgan fingerprint density at radius 3 is 2.56 bits per heavy atom. The molecule has 0 unspecified atom stereocenters. The molecule has 86 valence electrons. The number of carbonyl (C=O) groups is 1. The van der Waals surface area contributed by atoms with Crippen molar-refractivity contribution >= 4 is 5.78 Å². The Kier molecular flexibility index (Phi) is 3.17. The molecule has 0 aliphatic rings. The first-order valence-corrected chi connectivity index (χ1v) is 5.20. The van der Waals surface area contributed by atoms with Gasteiger partial charge >= 0.3 is 0 Å². The van der Waals surface area contributed by atoms with Crippen LogP contribution in [-0.4, -0.2) is 15.3 Å². The van der Waals surface area contributed by atoms with Gasteiger partial charge in [-0.25, -0.2) is 4.98 Å². The maximum absolute atomic E-state index is 11.9. The molecule has 0 fully saturated rings. The number of imidazole rings is 1. The van der Waals surface area contributed by atoms with Gasteiger partial charge < -0.3 is 4.57 Å². The van der Waals surface area contributed by atoms with E-state index in [2.05, 4.69) is 4.98 Å². The number of Topliss-reactive ketones (excluding diaryl/α,β-unsaturated/α-hetero) is 1. The standard InChI is InChI=1S/C13H8N4O/c14-6-11-12(7-15)17(9-16-11)8-13(18)10-4-2-1-3-5-10/h1-5,9H,8H2.